The minimum absolute atomic E-state index is 0.184. The first-order valence-corrected chi connectivity index (χ1v) is 7.80. The Morgan fingerprint density at radius 3 is 2.56 bits per heavy atom. The molecule has 0 aliphatic heterocycles. The van der Waals surface area contributed by atoms with Crippen LogP contribution in [-0.4, -0.2) is 35.8 Å². The van der Waals surface area contributed by atoms with E-state index in [1.165, 1.54) is 43.6 Å². The van der Waals surface area contributed by atoms with Gasteiger partial charge in [0.05, 0.1) is 0 Å². The molecule has 0 aromatic heterocycles. The Morgan fingerprint density at radius 2 is 2.00 bits per heavy atom. The minimum atomic E-state index is 0.184. The molecule has 1 rings (SSSR count). The average Bonchev–Trinajstić information content (AvgIpc) is 2.35. The van der Waals surface area contributed by atoms with E-state index in [-0.39, 0.29) is 5.41 Å². The maximum atomic E-state index is 9.59. The second-order valence-corrected chi connectivity index (χ2v) is 6.48. The van der Waals surface area contributed by atoms with E-state index in [0.717, 1.165) is 6.54 Å². The molecule has 0 amide bonds. The summed E-state index contributed by atoms with van der Waals surface area (Å²) in [5, 5.41) is 13.2. The average molecular weight is 245 g/mol. The van der Waals surface area contributed by atoms with E-state index in [9.17, 15) is 5.11 Å². The van der Waals surface area contributed by atoms with E-state index in [2.05, 4.69) is 19.2 Å². The molecule has 2 N–H and O–H groups in total. The lowest BCUT2D eigenvalue weighted by Crippen LogP contribution is -2.43. The number of rotatable bonds is 7. The van der Waals surface area contributed by atoms with Crippen LogP contribution in [0.15, 0.2) is 0 Å². The van der Waals surface area contributed by atoms with Crippen LogP contribution in [0.1, 0.15) is 46.0 Å². The van der Waals surface area contributed by atoms with Gasteiger partial charge in [-0.25, -0.2) is 0 Å². The molecular formula is C13H27NOS. The lowest BCUT2D eigenvalue weighted by atomic mass is 9.74. The topological polar surface area (TPSA) is 32.3 Å². The molecule has 0 aromatic rings. The third-order valence-electron chi connectivity index (χ3n) is 3.65. The number of thioether (sulfide) groups is 1. The van der Waals surface area contributed by atoms with E-state index >= 15 is 0 Å². The van der Waals surface area contributed by atoms with Gasteiger partial charge in [-0.3, -0.25) is 0 Å². The molecular weight excluding hydrogens is 218 g/mol. The highest BCUT2D eigenvalue weighted by atomic mass is 32.2. The molecule has 0 aromatic carbocycles. The summed E-state index contributed by atoms with van der Waals surface area (Å²) in [7, 11) is 0. The van der Waals surface area contributed by atoms with E-state index in [0.29, 0.717) is 12.6 Å². The molecule has 16 heavy (non-hydrogen) atoms. The Labute approximate surface area is 105 Å². The molecule has 0 saturated heterocycles. The molecule has 0 spiro atoms. The SMILES string of the molecule is CCSCC(C)NCC1(CO)CCCCC1. The second-order valence-electron chi connectivity index (χ2n) is 5.16. The lowest BCUT2D eigenvalue weighted by molar-refractivity contribution is 0.0796. The predicted octanol–water partition coefficient (Wildman–Crippen LogP) is 2.66. The standard InChI is InChI=1S/C13H27NOS/c1-3-16-9-12(2)14-10-13(11-15)7-5-4-6-8-13/h12,14-15H,3-11H2,1-2H3. The van der Waals surface area contributed by atoms with Crippen molar-refractivity contribution in [1.82, 2.24) is 5.32 Å². The highest BCUT2D eigenvalue weighted by molar-refractivity contribution is 7.99. The molecule has 1 atom stereocenters. The van der Waals surface area contributed by atoms with Gasteiger partial charge in [-0.15, -0.1) is 0 Å². The van der Waals surface area contributed by atoms with Gasteiger partial charge >= 0.3 is 0 Å². The number of aliphatic hydroxyl groups excluding tert-OH is 1. The number of nitrogens with one attached hydrogen (secondary N) is 1. The highest BCUT2D eigenvalue weighted by Crippen LogP contribution is 2.35. The molecule has 1 fully saturated rings. The van der Waals surface area contributed by atoms with Crippen molar-refractivity contribution in [3.05, 3.63) is 0 Å². The Bertz CT molecular complexity index is 181. The van der Waals surface area contributed by atoms with Crippen molar-refractivity contribution in [3.8, 4) is 0 Å². The van der Waals surface area contributed by atoms with Crippen molar-refractivity contribution < 1.29 is 5.11 Å². The fourth-order valence-electron chi connectivity index (χ4n) is 2.44. The fourth-order valence-corrected chi connectivity index (χ4v) is 3.14. The first kappa shape index (κ1) is 14.3. The quantitative estimate of drug-likeness (QED) is 0.723. The summed E-state index contributed by atoms with van der Waals surface area (Å²) in [6, 6.07) is 0.565. The smallest absolute Gasteiger partial charge is 0.0499 e. The largest absolute Gasteiger partial charge is 0.396 e. The van der Waals surface area contributed by atoms with Gasteiger partial charge in [-0.2, -0.15) is 11.8 Å². The third kappa shape index (κ3) is 4.64. The van der Waals surface area contributed by atoms with Crippen LogP contribution in [0.5, 0.6) is 0 Å². The first-order chi connectivity index (χ1) is 7.72. The molecule has 3 heteroatoms. The summed E-state index contributed by atoms with van der Waals surface area (Å²) in [5.41, 5.74) is 0.184. The zero-order valence-electron chi connectivity index (χ0n) is 10.8. The lowest BCUT2D eigenvalue weighted by Gasteiger charge is -2.36. The van der Waals surface area contributed by atoms with Crippen molar-refractivity contribution in [2.24, 2.45) is 5.41 Å². The predicted molar refractivity (Wildman–Crippen MR) is 73.1 cm³/mol. The zero-order valence-corrected chi connectivity index (χ0v) is 11.6. The first-order valence-electron chi connectivity index (χ1n) is 6.64. The van der Waals surface area contributed by atoms with Crippen molar-refractivity contribution in [3.63, 3.8) is 0 Å². The van der Waals surface area contributed by atoms with Crippen LogP contribution in [0.25, 0.3) is 0 Å². The minimum Gasteiger partial charge on any atom is -0.396 e. The van der Waals surface area contributed by atoms with Gasteiger partial charge in [0.2, 0.25) is 0 Å². The summed E-state index contributed by atoms with van der Waals surface area (Å²) in [6.45, 7) is 5.80. The van der Waals surface area contributed by atoms with Gasteiger partial charge in [0.25, 0.3) is 0 Å². The maximum Gasteiger partial charge on any atom is 0.0499 e. The van der Waals surface area contributed by atoms with Gasteiger partial charge in [-0.05, 0) is 25.5 Å². The van der Waals surface area contributed by atoms with Gasteiger partial charge in [0.15, 0.2) is 0 Å². The van der Waals surface area contributed by atoms with Crippen LogP contribution in [0, 0.1) is 5.41 Å². The summed E-state index contributed by atoms with van der Waals surface area (Å²) in [6.07, 6.45) is 6.33. The summed E-state index contributed by atoms with van der Waals surface area (Å²) in [4.78, 5) is 0. The van der Waals surface area contributed by atoms with Crippen molar-refractivity contribution in [2.45, 2.75) is 52.0 Å². The van der Waals surface area contributed by atoms with Crippen molar-refractivity contribution >= 4 is 11.8 Å². The van der Waals surface area contributed by atoms with Crippen LogP contribution in [0.4, 0.5) is 0 Å². The van der Waals surface area contributed by atoms with Crippen LogP contribution in [-0.2, 0) is 0 Å². The van der Waals surface area contributed by atoms with E-state index in [4.69, 9.17) is 0 Å². The molecule has 1 saturated carbocycles. The Balaban J connectivity index is 2.27. The number of hydrogen-bond acceptors (Lipinski definition) is 3. The summed E-state index contributed by atoms with van der Waals surface area (Å²) in [5.74, 6) is 2.37. The molecule has 1 aliphatic rings. The van der Waals surface area contributed by atoms with Gasteiger partial charge in [0, 0.05) is 30.4 Å². The normalized spacial score (nSPS) is 21.9. The summed E-state index contributed by atoms with van der Waals surface area (Å²) < 4.78 is 0. The van der Waals surface area contributed by atoms with E-state index in [1.807, 2.05) is 11.8 Å². The monoisotopic (exact) mass is 245 g/mol. The van der Waals surface area contributed by atoms with E-state index < -0.39 is 0 Å². The number of hydrogen-bond donors (Lipinski definition) is 2. The van der Waals surface area contributed by atoms with Crippen molar-refractivity contribution in [2.75, 3.05) is 24.7 Å². The molecule has 0 heterocycles. The van der Waals surface area contributed by atoms with Crippen LogP contribution >= 0.6 is 11.8 Å². The zero-order chi connectivity index (χ0) is 11.9. The fraction of sp³-hybridized carbons (Fsp3) is 1.00. The third-order valence-corrected chi connectivity index (χ3v) is 4.79. The van der Waals surface area contributed by atoms with Gasteiger partial charge in [0.1, 0.15) is 0 Å². The molecule has 0 radical (unpaired) electrons. The maximum absolute atomic E-state index is 9.59. The van der Waals surface area contributed by atoms with Gasteiger partial charge < -0.3 is 10.4 Å². The highest BCUT2D eigenvalue weighted by Gasteiger charge is 2.31. The molecule has 1 aliphatic carbocycles. The Hall–Kier alpha value is 0.270. The van der Waals surface area contributed by atoms with E-state index in [1.54, 1.807) is 0 Å². The van der Waals surface area contributed by atoms with Gasteiger partial charge in [-0.1, -0.05) is 26.2 Å². The van der Waals surface area contributed by atoms with Crippen LogP contribution in [0.3, 0.4) is 0 Å². The molecule has 0 bridgehead atoms. The summed E-state index contributed by atoms with van der Waals surface area (Å²) >= 11 is 1.98. The van der Waals surface area contributed by atoms with Crippen LogP contribution in [0.2, 0.25) is 0 Å². The Morgan fingerprint density at radius 1 is 1.31 bits per heavy atom. The van der Waals surface area contributed by atoms with Crippen LogP contribution < -0.4 is 5.32 Å². The second kappa shape index (κ2) is 7.57. The molecule has 96 valence electrons. The molecule has 2 nitrogen and oxygen atoms in total. The Kier molecular flexibility index (Phi) is 6.78. The molecule has 1 unspecified atom stereocenters. The number of aliphatic hydroxyl groups is 1. The van der Waals surface area contributed by atoms with Crippen molar-refractivity contribution in [1.29, 1.82) is 0 Å².